The van der Waals surface area contributed by atoms with Crippen molar-refractivity contribution in [3.8, 4) is 10.6 Å². The van der Waals surface area contributed by atoms with Gasteiger partial charge >= 0.3 is 0 Å². The van der Waals surface area contributed by atoms with E-state index in [0.717, 1.165) is 44.7 Å². The van der Waals surface area contributed by atoms with Gasteiger partial charge in [0.05, 0.1) is 22.6 Å². The Bertz CT molecular complexity index is 1300. The second-order valence-corrected chi connectivity index (χ2v) is 8.49. The summed E-state index contributed by atoms with van der Waals surface area (Å²) in [6, 6.07) is 18.6. The molecular formula is C22H20N6S. The number of benzene rings is 1. The highest BCUT2D eigenvalue weighted by Gasteiger charge is 2.11. The minimum atomic E-state index is 0.619. The number of fused-ring (bicyclic) bond motifs is 2. The lowest BCUT2D eigenvalue weighted by molar-refractivity contribution is 0.406. The van der Waals surface area contributed by atoms with Crippen molar-refractivity contribution in [3.05, 3.63) is 71.2 Å². The Morgan fingerprint density at radius 2 is 1.90 bits per heavy atom. The molecule has 0 aliphatic carbocycles. The molecule has 0 saturated carbocycles. The van der Waals surface area contributed by atoms with Gasteiger partial charge in [0, 0.05) is 23.0 Å². The van der Waals surface area contributed by atoms with E-state index in [0.29, 0.717) is 6.54 Å². The fraction of sp³-hybridized carbons (Fsp3) is 0.182. The molecule has 4 aromatic heterocycles. The minimum Gasteiger partial charge on any atom is -0.304 e. The van der Waals surface area contributed by atoms with Crippen LogP contribution < -0.4 is 0 Å². The molecule has 5 rings (SSSR count). The highest BCUT2D eigenvalue weighted by atomic mass is 32.1. The predicted octanol–water partition coefficient (Wildman–Crippen LogP) is 4.21. The van der Waals surface area contributed by atoms with Crippen molar-refractivity contribution in [2.24, 2.45) is 0 Å². The first kappa shape index (κ1) is 17.9. The number of aromatic nitrogens is 5. The van der Waals surface area contributed by atoms with Crippen molar-refractivity contribution in [2.75, 3.05) is 14.1 Å². The molecule has 0 unspecified atom stereocenters. The molecule has 144 valence electrons. The SMILES string of the molecule is CN(C)Cc1ccc(-c2ccc3nnn(Cc4ccc5ncccc5c4)c3n2)s1. The maximum atomic E-state index is 4.88. The summed E-state index contributed by atoms with van der Waals surface area (Å²) in [5, 5.41) is 9.75. The van der Waals surface area contributed by atoms with Gasteiger partial charge in [0.2, 0.25) is 0 Å². The highest BCUT2D eigenvalue weighted by molar-refractivity contribution is 7.15. The van der Waals surface area contributed by atoms with Crippen LogP contribution in [0.3, 0.4) is 0 Å². The molecule has 6 nitrogen and oxygen atoms in total. The summed E-state index contributed by atoms with van der Waals surface area (Å²) in [7, 11) is 4.16. The minimum absolute atomic E-state index is 0.619. The molecule has 7 heteroatoms. The summed E-state index contributed by atoms with van der Waals surface area (Å²) in [4.78, 5) is 13.9. The normalized spacial score (nSPS) is 11.7. The highest BCUT2D eigenvalue weighted by Crippen LogP contribution is 2.28. The number of hydrogen-bond acceptors (Lipinski definition) is 6. The average molecular weight is 401 g/mol. The summed E-state index contributed by atoms with van der Waals surface area (Å²) in [6.45, 7) is 1.55. The molecule has 0 spiro atoms. The lowest BCUT2D eigenvalue weighted by Crippen LogP contribution is -2.09. The van der Waals surface area contributed by atoms with Gasteiger partial charge in [-0.15, -0.1) is 16.4 Å². The van der Waals surface area contributed by atoms with Crippen molar-refractivity contribution >= 4 is 33.4 Å². The van der Waals surface area contributed by atoms with Crippen molar-refractivity contribution < 1.29 is 0 Å². The van der Waals surface area contributed by atoms with E-state index in [1.54, 1.807) is 11.3 Å². The van der Waals surface area contributed by atoms with Gasteiger partial charge in [0.25, 0.3) is 0 Å². The first-order valence-corrected chi connectivity index (χ1v) is 10.2. The molecule has 1 aromatic carbocycles. The molecule has 0 amide bonds. The first-order valence-electron chi connectivity index (χ1n) is 9.43. The topological polar surface area (TPSA) is 59.7 Å². The quantitative estimate of drug-likeness (QED) is 0.442. The van der Waals surface area contributed by atoms with Crippen LogP contribution >= 0.6 is 11.3 Å². The molecule has 0 radical (unpaired) electrons. The Morgan fingerprint density at radius 3 is 2.79 bits per heavy atom. The summed E-state index contributed by atoms with van der Waals surface area (Å²) in [6.07, 6.45) is 1.81. The van der Waals surface area contributed by atoms with Crippen molar-refractivity contribution in [1.29, 1.82) is 0 Å². The van der Waals surface area contributed by atoms with Gasteiger partial charge in [-0.25, -0.2) is 9.67 Å². The Hall–Kier alpha value is -3.16. The maximum Gasteiger partial charge on any atom is 0.179 e. The van der Waals surface area contributed by atoms with E-state index in [9.17, 15) is 0 Å². The molecule has 0 saturated heterocycles. The van der Waals surface area contributed by atoms with Crippen LogP contribution in [0.25, 0.3) is 32.6 Å². The predicted molar refractivity (Wildman–Crippen MR) is 117 cm³/mol. The zero-order valence-corrected chi connectivity index (χ0v) is 17.1. The van der Waals surface area contributed by atoms with E-state index in [-0.39, 0.29) is 0 Å². The molecule has 0 N–H and O–H groups in total. The molecule has 0 aliphatic rings. The number of rotatable bonds is 5. The summed E-state index contributed by atoms with van der Waals surface area (Å²) in [5.74, 6) is 0. The molecule has 0 aliphatic heterocycles. The lowest BCUT2D eigenvalue weighted by atomic mass is 10.1. The standard InChI is InChI=1S/C22H20N6S/c1-27(2)14-17-6-10-21(29-17)19-8-9-20-22(24-19)28(26-25-20)13-15-5-7-18-16(12-15)4-3-11-23-18/h3-12H,13-14H2,1-2H3. The Labute approximate surface area is 172 Å². The van der Waals surface area contributed by atoms with Crippen LogP contribution in [0, 0.1) is 0 Å². The van der Waals surface area contributed by atoms with Crippen LogP contribution in [-0.2, 0) is 13.1 Å². The van der Waals surface area contributed by atoms with E-state index in [1.165, 1.54) is 4.88 Å². The van der Waals surface area contributed by atoms with E-state index in [4.69, 9.17) is 4.98 Å². The summed E-state index contributed by atoms with van der Waals surface area (Å²) < 4.78 is 1.87. The smallest absolute Gasteiger partial charge is 0.179 e. The Morgan fingerprint density at radius 1 is 1.00 bits per heavy atom. The Balaban J connectivity index is 1.48. The molecule has 5 aromatic rings. The van der Waals surface area contributed by atoms with Crippen LogP contribution in [0.5, 0.6) is 0 Å². The van der Waals surface area contributed by atoms with Gasteiger partial charge in [-0.3, -0.25) is 4.98 Å². The molecule has 29 heavy (non-hydrogen) atoms. The van der Waals surface area contributed by atoms with Gasteiger partial charge in [0.15, 0.2) is 5.65 Å². The number of hydrogen-bond donors (Lipinski definition) is 0. The molecule has 0 atom stereocenters. The molecular weight excluding hydrogens is 380 g/mol. The van der Waals surface area contributed by atoms with Gasteiger partial charge in [-0.2, -0.15) is 0 Å². The third kappa shape index (κ3) is 3.62. The van der Waals surface area contributed by atoms with Crippen molar-refractivity contribution in [3.63, 3.8) is 0 Å². The lowest BCUT2D eigenvalue weighted by Gasteiger charge is -2.06. The van der Waals surface area contributed by atoms with Crippen LogP contribution in [0.15, 0.2) is 60.8 Å². The van der Waals surface area contributed by atoms with Crippen LogP contribution in [-0.4, -0.2) is 44.0 Å². The fourth-order valence-corrected chi connectivity index (χ4v) is 4.50. The fourth-order valence-electron chi connectivity index (χ4n) is 3.41. The molecule has 0 bridgehead atoms. The van der Waals surface area contributed by atoms with Gasteiger partial charge in [-0.1, -0.05) is 17.3 Å². The third-order valence-corrected chi connectivity index (χ3v) is 5.84. The largest absolute Gasteiger partial charge is 0.304 e. The van der Waals surface area contributed by atoms with E-state index >= 15 is 0 Å². The number of nitrogens with zero attached hydrogens (tertiary/aromatic N) is 6. The summed E-state index contributed by atoms with van der Waals surface area (Å²) in [5.41, 5.74) is 4.71. The van der Waals surface area contributed by atoms with E-state index in [1.807, 2.05) is 35.1 Å². The molecule has 0 fully saturated rings. The second-order valence-electron chi connectivity index (χ2n) is 7.32. The summed E-state index contributed by atoms with van der Waals surface area (Å²) >= 11 is 1.78. The molecule has 4 heterocycles. The van der Waals surface area contributed by atoms with Gasteiger partial charge in [0.1, 0.15) is 5.52 Å². The monoisotopic (exact) mass is 400 g/mol. The van der Waals surface area contributed by atoms with E-state index in [2.05, 4.69) is 64.6 Å². The zero-order chi connectivity index (χ0) is 19.8. The Kier molecular flexibility index (Phi) is 4.54. The van der Waals surface area contributed by atoms with Gasteiger partial charge in [-0.05, 0) is 62.1 Å². The zero-order valence-electron chi connectivity index (χ0n) is 16.3. The third-order valence-electron chi connectivity index (χ3n) is 4.75. The van der Waals surface area contributed by atoms with Crippen LogP contribution in [0.1, 0.15) is 10.4 Å². The van der Waals surface area contributed by atoms with Crippen LogP contribution in [0.4, 0.5) is 0 Å². The van der Waals surface area contributed by atoms with E-state index < -0.39 is 0 Å². The van der Waals surface area contributed by atoms with Crippen molar-refractivity contribution in [2.45, 2.75) is 13.1 Å². The van der Waals surface area contributed by atoms with Gasteiger partial charge < -0.3 is 4.90 Å². The van der Waals surface area contributed by atoms with Crippen LogP contribution in [0.2, 0.25) is 0 Å². The number of thiophene rings is 1. The second kappa shape index (κ2) is 7.35. The average Bonchev–Trinajstić information content (AvgIpc) is 3.34. The first-order chi connectivity index (χ1) is 14.2. The number of pyridine rings is 2. The van der Waals surface area contributed by atoms with Crippen molar-refractivity contribution in [1.82, 2.24) is 29.9 Å². The maximum absolute atomic E-state index is 4.88.